The van der Waals surface area contributed by atoms with Crippen LogP contribution in [-0.4, -0.2) is 29.0 Å². The molecule has 0 fully saturated rings. The van der Waals surface area contributed by atoms with Gasteiger partial charge in [-0.05, 0) is 13.2 Å². The van der Waals surface area contributed by atoms with Crippen LogP contribution in [0.4, 0.5) is 10.7 Å². The van der Waals surface area contributed by atoms with E-state index in [4.69, 9.17) is 5.73 Å². The zero-order valence-electron chi connectivity index (χ0n) is 12.5. The number of hydrogen-bond donors (Lipinski definition) is 3. The van der Waals surface area contributed by atoms with E-state index >= 15 is 0 Å². The Bertz CT molecular complexity index is 662. The molecule has 0 bridgehead atoms. The molecule has 0 aliphatic carbocycles. The SMILES string of the molecule is CNC(=O)c1sc(NCc2cnn(C)c2C)c(SC)c1N. The van der Waals surface area contributed by atoms with Crippen LogP contribution in [0.15, 0.2) is 11.1 Å². The molecule has 0 aromatic carbocycles. The Kier molecular flexibility index (Phi) is 4.79. The fraction of sp³-hybridized carbons (Fsp3) is 0.385. The van der Waals surface area contributed by atoms with Crippen LogP contribution in [-0.2, 0) is 13.6 Å². The molecule has 21 heavy (non-hydrogen) atoms. The summed E-state index contributed by atoms with van der Waals surface area (Å²) in [5, 5.41) is 11.1. The van der Waals surface area contributed by atoms with Gasteiger partial charge >= 0.3 is 0 Å². The molecule has 0 spiro atoms. The lowest BCUT2D eigenvalue weighted by atomic mass is 10.2. The summed E-state index contributed by atoms with van der Waals surface area (Å²) >= 11 is 2.92. The molecule has 0 radical (unpaired) electrons. The quantitative estimate of drug-likeness (QED) is 0.733. The molecule has 114 valence electrons. The molecule has 0 aliphatic rings. The zero-order valence-corrected chi connectivity index (χ0v) is 14.1. The first-order chi connectivity index (χ1) is 9.99. The van der Waals surface area contributed by atoms with Gasteiger partial charge in [-0.2, -0.15) is 5.10 Å². The smallest absolute Gasteiger partial charge is 0.263 e. The number of thioether (sulfide) groups is 1. The molecular formula is C13H19N5OS2. The van der Waals surface area contributed by atoms with E-state index in [2.05, 4.69) is 15.7 Å². The second kappa shape index (κ2) is 6.40. The molecule has 2 aromatic heterocycles. The van der Waals surface area contributed by atoms with E-state index in [1.807, 2.05) is 31.1 Å². The molecule has 0 saturated carbocycles. The first-order valence-electron chi connectivity index (χ1n) is 6.39. The van der Waals surface area contributed by atoms with Gasteiger partial charge in [0.05, 0.1) is 16.8 Å². The average Bonchev–Trinajstić information content (AvgIpc) is 2.97. The Hall–Kier alpha value is -1.67. The molecule has 0 unspecified atom stereocenters. The first kappa shape index (κ1) is 15.7. The van der Waals surface area contributed by atoms with E-state index < -0.39 is 0 Å². The lowest BCUT2D eigenvalue weighted by Crippen LogP contribution is -2.17. The highest BCUT2D eigenvalue weighted by atomic mass is 32.2. The number of carbonyl (C=O) groups excluding carboxylic acids is 1. The summed E-state index contributed by atoms with van der Waals surface area (Å²) in [5.41, 5.74) is 8.84. The summed E-state index contributed by atoms with van der Waals surface area (Å²) in [6, 6.07) is 0. The van der Waals surface area contributed by atoms with Gasteiger partial charge in [-0.15, -0.1) is 23.1 Å². The van der Waals surface area contributed by atoms with Gasteiger partial charge in [-0.1, -0.05) is 0 Å². The number of anilines is 2. The third-order valence-electron chi connectivity index (χ3n) is 3.31. The summed E-state index contributed by atoms with van der Waals surface area (Å²) in [5.74, 6) is -0.154. The normalized spacial score (nSPS) is 10.7. The molecule has 4 N–H and O–H groups in total. The summed E-state index contributed by atoms with van der Waals surface area (Å²) in [6.45, 7) is 2.68. The van der Waals surface area contributed by atoms with Crippen LogP contribution < -0.4 is 16.4 Å². The number of nitrogens with zero attached hydrogens (tertiary/aromatic N) is 2. The van der Waals surface area contributed by atoms with Crippen LogP contribution in [0.2, 0.25) is 0 Å². The van der Waals surface area contributed by atoms with Crippen LogP contribution >= 0.6 is 23.1 Å². The number of thiophene rings is 1. The van der Waals surface area contributed by atoms with Crippen molar-refractivity contribution in [2.24, 2.45) is 7.05 Å². The second-order valence-corrected chi connectivity index (χ2v) is 6.36. The third kappa shape index (κ3) is 3.01. The molecule has 0 aliphatic heterocycles. The van der Waals surface area contributed by atoms with Gasteiger partial charge in [0.15, 0.2) is 0 Å². The average molecular weight is 325 g/mol. The minimum Gasteiger partial charge on any atom is -0.396 e. The predicted octanol–water partition coefficient (Wildman–Crippen LogP) is 2.07. The predicted molar refractivity (Wildman–Crippen MR) is 89.2 cm³/mol. The van der Waals surface area contributed by atoms with Crippen LogP contribution in [0.25, 0.3) is 0 Å². The van der Waals surface area contributed by atoms with Gasteiger partial charge in [-0.25, -0.2) is 0 Å². The highest BCUT2D eigenvalue weighted by Gasteiger charge is 2.20. The van der Waals surface area contributed by atoms with Gasteiger partial charge < -0.3 is 16.4 Å². The number of hydrogen-bond acceptors (Lipinski definition) is 6. The first-order valence-corrected chi connectivity index (χ1v) is 8.43. The Morgan fingerprint density at radius 3 is 2.81 bits per heavy atom. The Morgan fingerprint density at radius 1 is 1.57 bits per heavy atom. The number of nitrogens with two attached hydrogens (primary N) is 1. The van der Waals surface area contributed by atoms with Crippen LogP contribution in [0, 0.1) is 6.92 Å². The van der Waals surface area contributed by atoms with Crippen molar-refractivity contribution in [1.29, 1.82) is 0 Å². The van der Waals surface area contributed by atoms with E-state index in [1.165, 1.54) is 23.1 Å². The van der Waals surface area contributed by atoms with Crippen molar-refractivity contribution < 1.29 is 4.79 Å². The number of rotatable bonds is 5. The fourth-order valence-electron chi connectivity index (χ4n) is 1.92. The maximum absolute atomic E-state index is 11.8. The van der Waals surface area contributed by atoms with Crippen molar-refractivity contribution in [1.82, 2.24) is 15.1 Å². The molecule has 2 rings (SSSR count). The second-order valence-electron chi connectivity index (χ2n) is 4.52. The number of nitrogens with one attached hydrogen (secondary N) is 2. The number of aryl methyl sites for hydroxylation is 1. The molecular weight excluding hydrogens is 306 g/mol. The van der Waals surface area contributed by atoms with Gasteiger partial charge in [-0.3, -0.25) is 9.48 Å². The Balaban J connectivity index is 2.23. The van der Waals surface area contributed by atoms with Gasteiger partial charge in [0.1, 0.15) is 9.88 Å². The van der Waals surface area contributed by atoms with Crippen molar-refractivity contribution in [3.63, 3.8) is 0 Å². The Labute approximate surface area is 132 Å². The summed E-state index contributed by atoms with van der Waals surface area (Å²) in [7, 11) is 3.52. The van der Waals surface area contributed by atoms with Crippen LogP contribution in [0.1, 0.15) is 20.9 Å². The summed E-state index contributed by atoms with van der Waals surface area (Å²) in [4.78, 5) is 13.3. The Morgan fingerprint density at radius 2 is 2.29 bits per heavy atom. The molecule has 0 atom stereocenters. The highest BCUT2D eigenvalue weighted by molar-refractivity contribution is 7.99. The van der Waals surface area contributed by atoms with Crippen molar-refractivity contribution in [3.8, 4) is 0 Å². The van der Waals surface area contributed by atoms with E-state index in [-0.39, 0.29) is 5.91 Å². The van der Waals surface area contributed by atoms with Crippen molar-refractivity contribution >= 4 is 39.7 Å². The van der Waals surface area contributed by atoms with E-state index in [1.54, 1.807) is 7.05 Å². The van der Waals surface area contributed by atoms with Crippen molar-refractivity contribution in [2.75, 3.05) is 24.4 Å². The summed E-state index contributed by atoms with van der Waals surface area (Å²) < 4.78 is 1.84. The van der Waals surface area contributed by atoms with Crippen molar-refractivity contribution in [3.05, 3.63) is 22.3 Å². The number of nitrogen functional groups attached to an aromatic ring is 1. The van der Waals surface area contributed by atoms with Gasteiger partial charge in [0.2, 0.25) is 0 Å². The lowest BCUT2D eigenvalue weighted by Gasteiger charge is -2.06. The minimum absolute atomic E-state index is 0.154. The van der Waals surface area contributed by atoms with Gasteiger partial charge in [0.25, 0.3) is 5.91 Å². The zero-order chi connectivity index (χ0) is 15.6. The number of carbonyl (C=O) groups is 1. The van der Waals surface area contributed by atoms with E-state index in [0.717, 1.165) is 21.2 Å². The number of amides is 1. The maximum Gasteiger partial charge on any atom is 0.263 e. The molecule has 6 nitrogen and oxygen atoms in total. The molecule has 2 aromatic rings. The lowest BCUT2D eigenvalue weighted by molar-refractivity contribution is 0.0968. The van der Waals surface area contributed by atoms with E-state index in [0.29, 0.717) is 17.1 Å². The fourth-order valence-corrected chi connectivity index (χ4v) is 3.90. The highest BCUT2D eigenvalue weighted by Crippen LogP contribution is 2.41. The largest absolute Gasteiger partial charge is 0.396 e. The van der Waals surface area contributed by atoms with Crippen molar-refractivity contribution in [2.45, 2.75) is 18.4 Å². The minimum atomic E-state index is -0.154. The molecule has 0 saturated heterocycles. The third-order valence-corrected chi connectivity index (χ3v) is 5.44. The standard InChI is InChI=1S/C13H19N5OS2/c1-7-8(6-17-18(7)3)5-16-13-11(20-4)9(14)10(21-13)12(19)15-2/h6,16H,5,14H2,1-4H3,(H,15,19). The maximum atomic E-state index is 11.8. The monoisotopic (exact) mass is 325 g/mol. The molecule has 2 heterocycles. The van der Waals surface area contributed by atoms with Crippen LogP contribution in [0.3, 0.4) is 0 Å². The van der Waals surface area contributed by atoms with Gasteiger partial charge in [0, 0.05) is 31.9 Å². The number of aromatic nitrogens is 2. The molecule has 1 amide bonds. The van der Waals surface area contributed by atoms with E-state index in [9.17, 15) is 4.79 Å². The topological polar surface area (TPSA) is 85.0 Å². The summed E-state index contributed by atoms with van der Waals surface area (Å²) in [6.07, 6.45) is 3.80. The van der Waals surface area contributed by atoms with Crippen LogP contribution in [0.5, 0.6) is 0 Å². The molecule has 8 heteroatoms.